The summed E-state index contributed by atoms with van der Waals surface area (Å²) in [4.78, 5) is 25.9. The van der Waals surface area contributed by atoms with Crippen molar-refractivity contribution in [1.82, 2.24) is 14.7 Å². The topological polar surface area (TPSA) is 75.4 Å². The van der Waals surface area contributed by atoms with Gasteiger partial charge in [0.25, 0.3) is 5.56 Å². The van der Waals surface area contributed by atoms with Crippen LogP contribution in [-0.2, 0) is 11.2 Å². The molecular formula is C17H26FN3O3. The van der Waals surface area contributed by atoms with Crippen LogP contribution >= 0.6 is 0 Å². The second-order valence-electron chi connectivity index (χ2n) is 6.99. The van der Waals surface area contributed by atoms with Crippen molar-refractivity contribution in [2.45, 2.75) is 52.2 Å². The van der Waals surface area contributed by atoms with Crippen LogP contribution in [0.3, 0.4) is 0 Å². The summed E-state index contributed by atoms with van der Waals surface area (Å²) < 4.78 is 14.3. The lowest BCUT2D eigenvalue weighted by Gasteiger charge is -2.19. The number of hydrogen-bond acceptors (Lipinski definition) is 4. The molecule has 2 heterocycles. The van der Waals surface area contributed by atoms with Crippen LogP contribution in [0.25, 0.3) is 0 Å². The zero-order valence-corrected chi connectivity index (χ0v) is 14.5. The summed E-state index contributed by atoms with van der Waals surface area (Å²) in [6, 6.07) is 0.744. The van der Waals surface area contributed by atoms with Crippen LogP contribution in [0.4, 0.5) is 4.39 Å². The molecule has 1 aromatic heterocycles. The number of hydrogen-bond donors (Lipinski definition) is 1. The van der Waals surface area contributed by atoms with Crippen molar-refractivity contribution in [1.29, 1.82) is 0 Å². The molecule has 1 aromatic rings. The maximum absolute atomic E-state index is 13.2. The summed E-state index contributed by atoms with van der Waals surface area (Å²) in [6.07, 6.45) is 0.709. The van der Waals surface area contributed by atoms with Gasteiger partial charge in [0.2, 0.25) is 0 Å². The quantitative estimate of drug-likeness (QED) is 0.820. The number of aliphatic carboxylic acids is 1. The molecule has 1 aliphatic heterocycles. The highest BCUT2D eigenvalue weighted by atomic mass is 19.1. The number of carboxylic acid groups (broad SMARTS) is 1. The molecule has 0 amide bonds. The van der Waals surface area contributed by atoms with E-state index in [0.717, 1.165) is 11.2 Å². The molecule has 0 spiro atoms. The van der Waals surface area contributed by atoms with E-state index in [0.29, 0.717) is 43.6 Å². The zero-order chi connectivity index (χ0) is 17.9. The molecule has 0 radical (unpaired) electrons. The molecule has 134 valence electrons. The first-order chi connectivity index (χ1) is 11.3. The van der Waals surface area contributed by atoms with E-state index in [1.807, 2.05) is 18.7 Å². The molecule has 24 heavy (non-hydrogen) atoms. The van der Waals surface area contributed by atoms with E-state index < -0.39 is 18.2 Å². The second kappa shape index (κ2) is 7.88. The molecule has 1 unspecified atom stereocenters. The minimum absolute atomic E-state index is 0.134. The van der Waals surface area contributed by atoms with Gasteiger partial charge in [-0.3, -0.25) is 9.69 Å². The molecule has 1 fully saturated rings. The second-order valence-corrected chi connectivity index (χ2v) is 6.99. The Kier molecular flexibility index (Phi) is 6.10. The number of halogens is 1. The predicted molar refractivity (Wildman–Crippen MR) is 89.0 cm³/mol. The molecule has 7 heteroatoms. The van der Waals surface area contributed by atoms with Gasteiger partial charge in [0.1, 0.15) is 6.17 Å². The van der Waals surface area contributed by atoms with Crippen LogP contribution in [0.1, 0.15) is 44.0 Å². The van der Waals surface area contributed by atoms with Crippen molar-refractivity contribution in [2.75, 3.05) is 19.6 Å². The smallest absolute Gasteiger partial charge is 0.328 e. The first-order valence-corrected chi connectivity index (χ1v) is 8.46. The third kappa shape index (κ3) is 4.63. The lowest BCUT2D eigenvalue weighted by molar-refractivity contribution is -0.141. The van der Waals surface area contributed by atoms with Gasteiger partial charge in [0.15, 0.2) is 6.04 Å². The summed E-state index contributed by atoms with van der Waals surface area (Å²) in [7, 11) is 0. The van der Waals surface area contributed by atoms with E-state index in [9.17, 15) is 19.1 Å². The van der Waals surface area contributed by atoms with E-state index >= 15 is 0 Å². The Bertz CT molecular complexity index is 644. The Morgan fingerprint density at radius 3 is 2.75 bits per heavy atom. The Morgan fingerprint density at radius 2 is 2.21 bits per heavy atom. The lowest BCUT2D eigenvalue weighted by atomic mass is 10.0. The molecule has 0 saturated carbocycles. The first kappa shape index (κ1) is 18.6. The molecule has 2 atom stereocenters. The molecule has 6 nitrogen and oxygen atoms in total. The van der Waals surface area contributed by atoms with Gasteiger partial charge in [-0.2, -0.15) is 5.10 Å². The number of aryl methyl sites for hydroxylation is 1. The lowest BCUT2D eigenvalue weighted by Crippen LogP contribution is -2.35. The summed E-state index contributed by atoms with van der Waals surface area (Å²) in [5, 5.41) is 13.8. The molecule has 2 rings (SSSR count). The molecular weight excluding hydrogens is 313 g/mol. The summed E-state index contributed by atoms with van der Waals surface area (Å²) in [5.41, 5.74) is 0.793. The normalized spacial score (nSPS) is 19.8. The van der Waals surface area contributed by atoms with Crippen molar-refractivity contribution in [3.05, 3.63) is 27.7 Å². The predicted octanol–water partition coefficient (Wildman–Crippen LogP) is 1.81. The molecule has 1 N–H and O–H groups in total. The summed E-state index contributed by atoms with van der Waals surface area (Å²) in [6.45, 7) is 7.32. The fourth-order valence-electron chi connectivity index (χ4n) is 3.05. The highest BCUT2D eigenvalue weighted by Crippen LogP contribution is 2.17. The minimum Gasteiger partial charge on any atom is -0.480 e. The van der Waals surface area contributed by atoms with Crippen molar-refractivity contribution >= 4 is 5.97 Å². The summed E-state index contributed by atoms with van der Waals surface area (Å²) >= 11 is 0. The first-order valence-electron chi connectivity index (χ1n) is 8.46. The molecule has 0 aromatic carbocycles. The van der Waals surface area contributed by atoms with Crippen LogP contribution in [0, 0.1) is 12.8 Å². The average Bonchev–Trinajstić information content (AvgIpc) is 2.91. The van der Waals surface area contributed by atoms with Crippen molar-refractivity contribution in [3.8, 4) is 0 Å². The fraction of sp³-hybridized carbons (Fsp3) is 0.706. The van der Waals surface area contributed by atoms with Crippen LogP contribution in [-0.4, -0.2) is 51.6 Å². The van der Waals surface area contributed by atoms with Gasteiger partial charge in [-0.05, 0) is 31.7 Å². The van der Waals surface area contributed by atoms with Gasteiger partial charge in [-0.25, -0.2) is 13.9 Å². The van der Waals surface area contributed by atoms with Crippen LogP contribution in [0.15, 0.2) is 10.9 Å². The Balaban J connectivity index is 2.20. The number of likely N-dealkylation sites (tertiary alicyclic amines) is 1. The minimum atomic E-state index is -1.05. The SMILES string of the molecule is Cc1cc(CCN2CC[C@@H](F)C2)nn(C(CC(C)C)C(=O)O)c1=O. The van der Waals surface area contributed by atoms with E-state index in [1.54, 1.807) is 13.0 Å². The molecule has 1 saturated heterocycles. The van der Waals surface area contributed by atoms with Crippen molar-refractivity contribution < 1.29 is 14.3 Å². The monoisotopic (exact) mass is 339 g/mol. The Labute approximate surface area is 141 Å². The van der Waals surface area contributed by atoms with Crippen LogP contribution in [0.5, 0.6) is 0 Å². The highest BCUT2D eigenvalue weighted by molar-refractivity contribution is 5.71. The maximum atomic E-state index is 13.2. The molecule has 0 bridgehead atoms. The van der Waals surface area contributed by atoms with Crippen molar-refractivity contribution in [3.63, 3.8) is 0 Å². The Hall–Kier alpha value is -1.76. The standard InChI is InChI=1S/C17H26FN3O3/c1-11(2)8-15(17(23)24)21-16(22)12(3)9-14(19-21)5-7-20-6-4-13(18)10-20/h9,11,13,15H,4-8,10H2,1-3H3,(H,23,24)/t13-,15?/m1/s1. The number of alkyl halides is 1. The van der Waals surface area contributed by atoms with Gasteiger partial charge >= 0.3 is 5.97 Å². The van der Waals surface area contributed by atoms with Gasteiger partial charge in [0, 0.05) is 31.6 Å². The van der Waals surface area contributed by atoms with Gasteiger partial charge < -0.3 is 5.11 Å². The van der Waals surface area contributed by atoms with E-state index in [-0.39, 0.29) is 11.5 Å². The summed E-state index contributed by atoms with van der Waals surface area (Å²) in [5.74, 6) is -0.912. The molecule has 0 aliphatic carbocycles. The van der Waals surface area contributed by atoms with Crippen LogP contribution in [0.2, 0.25) is 0 Å². The van der Waals surface area contributed by atoms with Gasteiger partial charge in [0.05, 0.1) is 5.69 Å². The zero-order valence-electron chi connectivity index (χ0n) is 14.5. The highest BCUT2D eigenvalue weighted by Gasteiger charge is 2.25. The average molecular weight is 339 g/mol. The number of rotatable bonds is 7. The van der Waals surface area contributed by atoms with Crippen molar-refractivity contribution in [2.24, 2.45) is 5.92 Å². The van der Waals surface area contributed by atoms with E-state index in [4.69, 9.17) is 0 Å². The third-order valence-electron chi connectivity index (χ3n) is 4.34. The largest absolute Gasteiger partial charge is 0.480 e. The number of nitrogens with zero attached hydrogens (tertiary/aromatic N) is 3. The third-order valence-corrected chi connectivity index (χ3v) is 4.34. The number of aromatic nitrogens is 2. The molecule has 1 aliphatic rings. The number of carbonyl (C=O) groups is 1. The van der Waals surface area contributed by atoms with Crippen LogP contribution < -0.4 is 5.56 Å². The van der Waals surface area contributed by atoms with E-state index in [2.05, 4.69) is 5.10 Å². The number of carboxylic acids is 1. The van der Waals surface area contributed by atoms with Gasteiger partial charge in [-0.15, -0.1) is 0 Å². The van der Waals surface area contributed by atoms with E-state index in [1.165, 1.54) is 0 Å². The fourth-order valence-corrected chi connectivity index (χ4v) is 3.05. The van der Waals surface area contributed by atoms with Gasteiger partial charge in [-0.1, -0.05) is 13.8 Å². The maximum Gasteiger partial charge on any atom is 0.328 e. The Morgan fingerprint density at radius 1 is 1.50 bits per heavy atom.